The molecule has 12 heavy (non-hydrogen) atoms. The number of hydrogen-bond acceptors (Lipinski definition) is 2. The Hall–Kier alpha value is -0.350. The van der Waals surface area contributed by atoms with Crippen LogP contribution in [-0.2, 0) is 0 Å². The third kappa shape index (κ3) is 1.87. The highest BCUT2D eigenvalue weighted by molar-refractivity contribution is 9.10. The molecule has 1 amide bonds. The standard InChI is InChI=1S/C8H10BrNOS/c1-5-6(9)4-7(12-5)8(11)10(2)3/h4H,1-3H3. The molecular weight excluding hydrogens is 238 g/mol. The van der Waals surface area contributed by atoms with Gasteiger partial charge in [0.1, 0.15) is 0 Å². The van der Waals surface area contributed by atoms with Crippen LogP contribution in [0.3, 0.4) is 0 Å². The number of aryl methyl sites for hydroxylation is 1. The average molecular weight is 248 g/mol. The summed E-state index contributed by atoms with van der Waals surface area (Å²) in [5.41, 5.74) is 0. The molecule has 0 bridgehead atoms. The highest BCUT2D eigenvalue weighted by atomic mass is 79.9. The molecule has 0 aliphatic rings. The van der Waals surface area contributed by atoms with Crippen LogP contribution >= 0.6 is 27.3 Å². The van der Waals surface area contributed by atoms with Crippen LogP contribution in [0.15, 0.2) is 10.5 Å². The van der Waals surface area contributed by atoms with Crippen molar-refractivity contribution in [3.8, 4) is 0 Å². The second-order valence-corrected chi connectivity index (χ2v) is 4.83. The Labute approximate surface area is 84.3 Å². The molecule has 0 fully saturated rings. The maximum Gasteiger partial charge on any atom is 0.263 e. The number of amides is 1. The van der Waals surface area contributed by atoms with E-state index >= 15 is 0 Å². The Bertz CT molecular complexity index is 287. The molecule has 2 nitrogen and oxygen atoms in total. The number of halogens is 1. The molecule has 0 N–H and O–H groups in total. The van der Waals surface area contributed by atoms with Gasteiger partial charge in [0, 0.05) is 23.4 Å². The van der Waals surface area contributed by atoms with Crippen LogP contribution < -0.4 is 0 Å². The van der Waals surface area contributed by atoms with Crippen LogP contribution in [-0.4, -0.2) is 24.9 Å². The van der Waals surface area contributed by atoms with Gasteiger partial charge in [0.25, 0.3) is 5.91 Å². The number of carbonyl (C=O) groups is 1. The molecule has 0 aliphatic heterocycles. The van der Waals surface area contributed by atoms with Crippen LogP contribution in [0.25, 0.3) is 0 Å². The van der Waals surface area contributed by atoms with Crippen LogP contribution in [0.1, 0.15) is 14.5 Å². The Balaban J connectivity index is 2.97. The van der Waals surface area contributed by atoms with Crippen molar-refractivity contribution in [1.82, 2.24) is 4.90 Å². The topological polar surface area (TPSA) is 20.3 Å². The Morgan fingerprint density at radius 1 is 1.58 bits per heavy atom. The zero-order valence-corrected chi connectivity index (χ0v) is 9.62. The second-order valence-electron chi connectivity index (χ2n) is 2.71. The fourth-order valence-corrected chi connectivity index (χ4v) is 2.34. The van der Waals surface area contributed by atoms with E-state index in [4.69, 9.17) is 0 Å². The summed E-state index contributed by atoms with van der Waals surface area (Å²) < 4.78 is 1.01. The van der Waals surface area contributed by atoms with Crippen LogP contribution in [0.2, 0.25) is 0 Å². The minimum Gasteiger partial charge on any atom is -0.344 e. The van der Waals surface area contributed by atoms with E-state index in [9.17, 15) is 4.79 Å². The maximum absolute atomic E-state index is 11.4. The molecule has 0 radical (unpaired) electrons. The van der Waals surface area contributed by atoms with E-state index in [-0.39, 0.29) is 5.91 Å². The van der Waals surface area contributed by atoms with Gasteiger partial charge in [-0.05, 0) is 28.9 Å². The van der Waals surface area contributed by atoms with Crippen molar-refractivity contribution in [2.75, 3.05) is 14.1 Å². The predicted octanol–water partition coefficient (Wildman–Crippen LogP) is 2.52. The van der Waals surface area contributed by atoms with Gasteiger partial charge in [0.05, 0.1) is 4.88 Å². The first-order valence-electron chi connectivity index (χ1n) is 3.50. The predicted molar refractivity (Wildman–Crippen MR) is 54.8 cm³/mol. The highest BCUT2D eigenvalue weighted by Gasteiger charge is 2.12. The third-order valence-electron chi connectivity index (χ3n) is 1.47. The average Bonchev–Trinajstić information content (AvgIpc) is 2.30. The normalized spacial score (nSPS) is 10.0. The molecule has 66 valence electrons. The monoisotopic (exact) mass is 247 g/mol. The molecule has 0 unspecified atom stereocenters. The highest BCUT2D eigenvalue weighted by Crippen LogP contribution is 2.26. The van der Waals surface area contributed by atoms with Gasteiger partial charge < -0.3 is 4.90 Å². The van der Waals surface area contributed by atoms with Crippen LogP contribution in [0, 0.1) is 6.92 Å². The summed E-state index contributed by atoms with van der Waals surface area (Å²) >= 11 is 4.89. The van der Waals surface area contributed by atoms with E-state index < -0.39 is 0 Å². The van der Waals surface area contributed by atoms with Gasteiger partial charge in [0.2, 0.25) is 0 Å². The molecule has 1 rings (SSSR count). The van der Waals surface area contributed by atoms with E-state index in [2.05, 4.69) is 15.9 Å². The van der Waals surface area contributed by atoms with E-state index in [1.807, 2.05) is 13.0 Å². The molecule has 0 aromatic carbocycles. The molecule has 0 aliphatic carbocycles. The smallest absolute Gasteiger partial charge is 0.263 e. The SMILES string of the molecule is Cc1sc(C(=O)N(C)C)cc1Br. The van der Waals surface area contributed by atoms with Crippen molar-refractivity contribution in [3.63, 3.8) is 0 Å². The lowest BCUT2D eigenvalue weighted by Gasteiger charge is -2.06. The molecule has 1 heterocycles. The quantitative estimate of drug-likeness (QED) is 0.747. The van der Waals surface area contributed by atoms with Crippen molar-refractivity contribution >= 4 is 33.2 Å². The summed E-state index contributed by atoms with van der Waals surface area (Å²) in [6.45, 7) is 1.99. The number of thiophene rings is 1. The second kappa shape index (κ2) is 3.58. The molecule has 0 spiro atoms. The van der Waals surface area contributed by atoms with E-state index in [0.717, 1.165) is 14.2 Å². The lowest BCUT2D eigenvalue weighted by atomic mass is 10.4. The van der Waals surface area contributed by atoms with Gasteiger partial charge in [-0.1, -0.05) is 0 Å². The van der Waals surface area contributed by atoms with Gasteiger partial charge in [0.15, 0.2) is 0 Å². The van der Waals surface area contributed by atoms with Gasteiger partial charge in [-0.15, -0.1) is 11.3 Å². The Kier molecular flexibility index (Phi) is 2.90. The summed E-state index contributed by atoms with van der Waals surface area (Å²) in [5, 5.41) is 0. The summed E-state index contributed by atoms with van der Waals surface area (Å²) in [7, 11) is 3.51. The molecule has 0 atom stereocenters. The first kappa shape index (κ1) is 9.74. The Morgan fingerprint density at radius 2 is 2.17 bits per heavy atom. The lowest BCUT2D eigenvalue weighted by Crippen LogP contribution is -2.20. The molecule has 4 heteroatoms. The molecule has 1 aromatic heterocycles. The minimum absolute atomic E-state index is 0.0637. The summed E-state index contributed by atoms with van der Waals surface area (Å²) in [5.74, 6) is 0.0637. The molecular formula is C8H10BrNOS. The van der Waals surface area contributed by atoms with Crippen molar-refractivity contribution in [3.05, 3.63) is 20.3 Å². The van der Waals surface area contributed by atoms with E-state index in [1.165, 1.54) is 11.3 Å². The van der Waals surface area contributed by atoms with Crippen LogP contribution in [0.5, 0.6) is 0 Å². The van der Waals surface area contributed by atoms with E-state index in [1.54, 1.807) is 19.0 Å². The van der Waals surface area contributed by atoms with Crippen molar-refractivity contribution in [1.29, 1.82) is 0 Å². The zero-order valence-electron chi connectivity index (χ0n) is 7.22. The molecule has 0 saturated carbocycles. The van der Waals surface area contributed by atoms with E-state index in [0.29, 0.717) is 0 Å². The maximum atomic E-state index is 11.4. The zero-order chi connectivity index (χ0) is 9.30. The van der Waals surface area contributed by atoms with Gasteiger partial charge in [-0.2, -0.15) is 0 Å². The number of rotatable bonds is 1. The van der Waals surface area contributed by atoms with Crippen molar-refractivity contribution < 1.29 is 4.79 Å². The largest absolute Gasteiger partial charge is 0.344 e. The number of nitrogens with zero attached hydrogens (tertiary/aromatic N) is 1. The number of carbonyl (C=O) groups excluding carboxylic acids is 1. The fraction of sp³-hybridized carbons (Fsp3) is 0.375. The molecule has 1 aromatic rings. The van der Waals surface area contributed by atoms with Gasteiger partial charge >= 0.3 is 0 Å². The fourth-order valence-electron chi connectivity index (χ4n) is 0.786. The minimum atomic E-state index is 0.0637. The summed E-state index contributed by atoms with van der Waals surface area (Å²) in [6.07, 6.45) is 0. The van der Waals surface area contributed by atoms with Gasteiger partial charge in [-0.3, -0.25) is 4.79 Å². The van der Waals surface area contributed by atoms with Crippen molar-refractivity contribution in [2.45, 2.75) is 6.92 Å². The lowest BCUT2D eigenvalue weighted by molar-refractivity contribution is 0.0832. The summed E-state index contributed by atoms with van der Waals surface area (Å²) in [6, 6.07) is 1.86. The first-order valence-corrected chi connectivity index (χ1v) is 5.11. The van der Waals surface area contributed by atoms with Gasteiger partial charge in [-0.25, -0.2) is 0 Å². The summed E-state index contributed by atoms with van der Waals surface area (Å²) in [4.78, 5) is 14.9. The van der Waals surface area contributed by atoms with Crippen molar-refractivity contribution in [2.24, 2.45) is 0 Å². The number of hydrogen-bond donors (Lipinski definition) is 0. The Morgan fingerprint density at radius 3 is 2.50 bits per heavy atom. The third-order valence-corrected chi connectivity index (χ3v) is 3.60. The first-order chi connectivity index (χ1) is 5.52. The molecule has 0 saturated heterocycles. The van der Waals surface area contributed by atoms with Crippen LogP contribution in [0.4, 0.5) is 0 Å².